The van der Waals surface area contributed by atoms with Gasteiger partial charge < -0.3 is 4.90 Å². The molecule has 0 spiro atoms. The van der Waals surface area contributed by atoms with E-state index in [4.69, 9.17) is 4.98 Å². The third kappa shape index (κ3) is 3.88. The molecule has 0 fully saturated rings. The molecular formula is C18H23N5OS. The summed E-state index contributed by atoms with van der Waals surface area (Å²) >= 11 is 1.55. The van der Waals surface area contributed by atoms with Crippen LogP contribution in [0.4, 0.5) is 5.13 Å². The number of carbonyl (C=O) groups excluding carboxylic acids is 1. The normalized spacial score (nSPS) is 11.4. The second kappa shape index (κ2) is 7.33. The molecule has 0 N–H and O–H groups in total. The zero-order valence-electron chi connectivity index (χ0n) is 15.1. The van der Waals surface area contributed by atoms with Gasteiger partial charge in [0.15, 0.2) is 10.8 Å². The first kappa shape index (κ1) is 17.6. The lowest BCUT2D eigenvalue weighted by Crippen LogP contribution is -2.33. The Balaban J connectivity index is 1.93. The molecule has 7 heteroatoms. The minimum Gasteiger partial charge on any atom is -0.309 e. The second-order valence-electron chi connectivity index (χ2n) is 6.41. The molecule has 6 nitrogen and oxygen atoms in total. The van der Waals surface area contributed by atoms with Crippen molar-refractivity contribution in [3.8, 4) is 0 Å². The smallest absolute Gasteiger partial charge is 0.280 e. The number of benzene rings is 1. The van der Waals surface area contributed by atoms with Crippen LogP contribution >= 0.6 is 11.3 Å². The minimum atomic E-state index is -0.101. The van der Waals surface area contributed by atoms with Crippen molar-refractivity contribution in [2.75, 3.05) is 32.1 Å². The average Bonchev–Trinajstić information content (AvgIpc) is 3.18. The molecule has 0 unspecified atom stereocenters. The number of carbonyl (C=O) groups is 1. The highest BCUT2D eigenvalue weighted by Gasteiger charge is 2.23. The molecular weight excluding hydrogens is 334 g/mol. The SMILES string of the molecule is Cc1cccc2sc(N(CCCN(C)C)C(=O)c3ccn(C)n3)nc12. The third-order valence-electron chi connectivity index (χ3n) is 4.01. The summed E-state index contributed by atoms with van der Waals surface area (Å²) in [5, 5.41) is 5.00. The van der Waals surface area contributed by atoms with Gasteiger partial charge in [0, 0.05) is 19.8 Å². The Morgan fingerprint density at radius 3 is 2.68 bits per heavy atom. The molecule has 25 heavy (non-hydrogen) atoms. The molecule has 2 aromatic heterocycles. The van der Waals surface area contributed by atoms with E-state index in [9.17, 15) is 4.79 Å². The Morgan fingerprint density at radius 1 is 1.24 bits per heavy atom. The summed E-state index contributed by atoms with van der Waals surface area (Å²) in [4.78, 5) is 21.6. The van der Waals surface area contributed by atoms with E-state index in [1.54, 1.807) is 33.2 Å². The van der Waals surface area contributed by atoms with E-state index in [1.165, 1.54) is 0 Å². The first-order valence-corrected chi connectivity index (χ1v) is 9.10. The molecule has 0 aliphatic carbocycles. The number of thiazole rings is 1. The van der Waals surface area contributed by atoms with Crippen LogP contribution in [-0.4, -0.2) is 52.8 Å². The Hall–Kier alpha value is -2.25. The van der Waals surface area contributed by atoms with E-state index in [-0.39, 0.29) is 5.91 Å². The third-order valence-corrected chi connectivity index (χ3v) is 5.05. The fourth-order valence-electron chi connectivity index (χ4n) is 2.69. The van der Waals surface area contributed by atoms with Gasteiger partial charge in [-0.3, -0.25) is 14.4 Å². The number of nitrogens with zero attached hydrogens (tertiary/aromatic N) is 5. The number of hydrogen-bond donors (Lipinski definition) is 0. The van der Waals surface area contributed by atoms with E-state index in [2.05, 4.69) is 10.00 Å². The molecule has 0 aliphatic rings. The second-order valence-corrected chi connectivity index (χ2v) is 7.42. The van der Waals surface area contributed by atoms with Crippen LogP contribution in [0.25, 0.3) is 10.2 Å². The van der Waals surface area contributed by atoms with Gasteiger partial charge in [-0.05, 0) is 51.7 Å². The van der Waals surface area contributed by atoms with Gasteiger partial charge in [-0.2, -0.15) is 5.10 Å². The molecule has 1 amide bonds. The van der Waals surface area contributed by atoms with Crippen molar-refractivity contribution in [2.24, 2.45) is 7.05 Å². The standard InChI is InChI=1S/C18H23N5OS/c1-13-7-5-8-15-16(13)19-18(25-15)23(11-6-10-21(2)3)17(24)14-9-12-22(4)20-14/h5,7-9,12H,6,10-11H2,1-4H3. The number of aryl methyl sites for hydroxylation is 2. The molecule has 0 aliphatic heterocycles. The van der Waals surface area contributed by atoms with Gasteiger partial charge >= 0.3 is 0 Å². The molecule has 0 saturated carbocycles. The summed E-state index contributed by atoms with van der Waals surface area (Å²) in [5.41, 5.74) is 2.54. The lowest BCUT2D eigenvalue weighted by molar-refractivity contribution is 0.0980. The van der Waals surface area contributed by atoms with Crippen LogP contribution in [0, 0.1) is 6.92 Å². The maximum atomic E-state index is 13.0. The highest BCUT2D eigenvalue weighted by atomic mass is 32.1. The summed E-state index contributed by atoms with van der Waals surface area (Å²) in [6.07, 6.45) is 2.66. The first-order chi connectivity index (χ1) is 12.0. The molecule has 1 aromatic carbocycles. The van der Waals surface area contributed by atoms with Crippen LogP contribution in [0.3, 0.4) is 0 Å². The summed E-state index contributed by atoms with van der Waals surface area (Å²) in [5.74, 6) is -0.101. The van der Waals surface area contributed by atoms with Crippen molar-refractivity contribution in [3.05, 3.63) is 41.7 Å². The molecule has 3 rings (SSSR count). The number of anilines is 1. The molecule has 0 atom stereocenters. The van der Waals surface area contributed by atoms with Crippen LogP contribution in [0.1, 0.15) is 22.5 Å². The van der Waals surface area contributed by atoms with Crippen LogP contribution in [0.15, 0.2) is 30.5 Å². The predicted octanol–water partition coefficient (Wildman–Crippen LogP) is 2.94. The van der Waals surface area contributed by atoms with E-state index >= 15 is 0 Å². The zero-order chi connectivity index (χ0) is 18.0. The molecule has 2 heterocycles. The van der Waals surface area contributed by atoms with Gasteiger partial charge in [0.25, 0.3) is 5.91 Å². The Bertz CT molecular complexity index is 883. The average molecular weight is 357 g/mol. The zero-order valence-corrected chi connectivity index (χ0v) is 15.9. The first-order valence-electron chi connectivity index (χ1n) is 8.28. The van der Waals surface area contributed by atoms with Crippen LogP contribution < -0.4 is 4.90 Å². The summed E-state index contributed by atoms with van der Waals surface area (Å²) < 4.78 is 2.75. The number of para-hydroxylation sites is 1. The molecule has 0 saturated heterocycles. The van der Waals surface area contributed by atoms with Gasteiger partial charge in [0.1, 0.15) is 0 Å². The van der Waals surface area contributed by atoms with Gasteiger partial charge in [-0.25, -0.2) is 4.98 Å². The van der Waals surface area contributed by atoms with Crippen LogP contribution in [-0.2, 0) is 7.05 Å². The highest BCUT2D eigenvalue weighted by Crippen LogP contribution is 2.31. The van der Waals surface area contributed by atoms with Crippen molar-refractivity contribution in [1.29, 1.82) is 0 Å². The van der Waals surface area contributed by atoms with E-state index < -0.39 is 0 Å². The van der Waals surface area contributed by atoms with Gasteiger partial charge in [-0.15, -0.1) is 0 Å². The van der Waals surface area contributed by atoms with E-state index in [0.717, 1.165) is 33.9 Å². The fourth-order valence-corrected chi connectivity index (χ4v) is 3.75. The fraction of sp³-hybridized carbons (Fsp3) is 0.389. The van der Waals surface area contributed by atoms with Crippen molar-refractivity contribution >= 4 is 32.6 Å². The number of amides is 1. The van der Waals surface area contributed by atoms with Crippen molar-refractivity contribution in [2.45, 2.75) is 13.3 Å². The minimum absolute atomic E-state index is 0.101. The van der Waals surface area contributed by atoms with Gasteiger partial charge in [0.05, 0.1) is 10.2 Å². The quantitative estimate of drug-likeness (QED) is 0.681. The van der Waals surface area contributed by atoms with E-state index in [0.29, 0.717) is 12.2 Å². The number of fused-ring (bicyclic) bond motifs is 1. The number of aromatic nitrogens is 3. The van der Waals surface area contributed by atoms with Crippen molar-refractivity contribution in [1.82, 2.24) is 19.7 Å². The monoisotopic (exact) mass is 357 g/mol. The maximum absolute atomic E-state index is 13.0. The van der Waals surface area contributed by atoms with Crippen LogP contribution in [0.2, 0.25) is 0 Å². The summed E-state index contributed by atoms with van der Waals surface area (Å²) in [7, 11) is 5.88. The lowest BCUT2D eigenvalue weighted by atomic mass is 10.2. The van der Waals surface area contributed by atoms with Gasteiger partial charge in [0.2, 0.25) is 0 Å². The maximum Gasteiger partial charge on any atom is 0.280 e. The molecule has 0 bridgehead atoms. The summed E-state index contributed by atoms with van der Waals surface area (Å²) in [6.45, 7) is 3.57. The highest BCUT2D eigenvalue weighted by molar-refractivity contribution is 7.22. The Labute approximate surface area is 151 Å². The largest absolute Gasteiger partial charge is 0.309 e. The summed E-state index contributed by atoms with van der Waals surface area (Å²) in [6, 6.07) is 7.87. The van der Waals surface area contributed by atoms with Crippen LogP contribution in [0.5, 0.6) is 0 Å². The molecule has 132 valence electrons. The van der Waals surface area contributed by atoms with E-state index in [1.807, 2.05) is 46.3 Å². The molecule has 0 radical (unpaired) electrons. The predicted molar refractivity (Wildman–Crippen MR) is 102 cm³/mol. The Morgan fingerprint density at radius 2 is 2.04 bits per heavy atom. The van der Waals surface area contributed by atoms with Crippen molar-refractivity contribution < 1.29 is 4.79 Å². The van der Waals surface area contributed by atoms with Crippen molar-refractivity contribution in [3.63, 3.8) is 0 Å². The number of rotatable bonds is 6. The van der Waals surface area contributed by atoms with Gasteiger partial charge in [-0.1, -0.05) is 23.5 Å². The Kier molecular flexibility index (Phi) is 5.15. The number of hydrogen-bond acceptors (Lipinski definition) is 5. The lowest BCUT2D eigenvalue weighted by Gasteiger charge is -2.20. The topological polar surface area (TPSA) is 54.3 Å². The molecule has 3 aromatic rings.